The second-order valence-corrected chi connectivity index (χ2v) is 7.77. The fourth-order valence-electron chi connectivity index (χ4n) is 3.94. The lowest BCUT2D eigenvalue weighted by Crippen LogP contribution is -2.36. The van der Waals surface area contributed by atoms with Gasteiger partial charge in [-0.2, -0.15) is 4.98 Å². The third-order valence-corrected chi connectivity index (χ3v) is 5.66. The van der Waals surface area contributed by atoms with Crippen LogP contribution in [-0.4, -0.2) is 51.7 Å². The molecule has 170 valence electrons. The molecule has 1 fully saturated rings. The van der Waals surface area contributed by atoms with Gasteiger partial charge in [-0.25, -0.2) is 13.2 Å². The molecule has 3 N–H and O–H groups in total. The highest BCUT2D eigenvalue weighted by Gasteiger charge is 2.37. The van der Waals surface area contributed by atoms with Gasteiger partial charge in [0.05, 0.1) is 24.3 Å². The Balaban J connectivity index is 1.45. The van der Waals surface area contributed by atoms with E-state index in [4.69, 9.17) is 14.6 Å². The molecular formula is C24H19F3N2O4. The van der Waals surface area contributed by atoms with Gasteiger partial charge in [0, 0.05) is 6.07 Å². The van der Waals surface area contributed by atoms with E-state index in [-0.39, 0.29) is 41.6 Å². The number of nitrogens with one attached hydrogen (secondary N) is 1. The van der Waals surface area contributed by atoms with Crippen molar-refractivity contribution in [1.82, 2.24) is 9.97 Å². The highest BCUT2D eigenvalue weighted by Crippen LogP contribution is 2.33. The Morgan fingerprint density at radius 3 is 2.48 bits per heavy atom. The summed E-state index contributed by atoms with van der Waals surface area (Å²) in [5, 5.41) is 19.3. The van der Waals surface area contributed by atoms with Gasteiger partial charge in [0.15, 0.2) is 11.9 Å². The molecule has 0 amide bonds. The monoisotopic (exact) mass is 456 g/mol. The van der Waals surface area contributed by atoms with E-state index in [1.54, 1.807) is 36.4 Å². The molecule has 3 unspecified atom stereocenters. The topological polar surface area (TPSA) is 87.6 Å². The van der Waals surface area contributed by atoms with Crippen LogP contribution in [0, 0.1) is 17.5 Å². The Kier molecular flexibility index (Phi) is 5.53. The van der Waals surface area contributed by atoms with Crippen molar-refractivity contribution < 1.29 is 32.9 Å². The number of nitrogens with zero attached hydrogens (tertiary/aromatic N) is 1. The molecule has 0 saturated carbocycles. The van der Waals surface area contributed by atoms with Crippen molar-refractivity contribution in [2.45, 2.75) is 18.3 Å². The van der Waals surface area contributed by atoms with Crippen LogP contribution in [0.25, 0.3) is 33.3 Å². The number of aromatic amines is 1. The molecule has 4 aromatic rings. The summed E-state index contributed by atoms with van der Waals surface area (Å²) in [5.41, 5.74) is 1.36. The van der Waals surface area contributed by atoms with Crippen LogP contribution < -0.4 is 4.74 Å². The molecule has 1 aliphatic heterocycles. The maximum Gasteiger partial charge on any atom is 0.295 e. The SMILES string of the molecule is OCC1OCC(Oc2nc3c(F)c(-c4ccc(-c5cccc(F)c5)cc4)c(F)cc3[nH]2)C1O. The van der Waals surface area contributed by atoms with Crippen LogP contribution in [0.4, 0.5) is 13.2 Å². The molecule has 0 aliphatic carbocycles. The zero-order chi connectivity index (χ0) is 23.1. The lowest BCUT2D eigenvalue weighted by Gasteiger charge is -2.15. The maximum atomic E-state index is 15.3. The van der Waals surface area contributed by atoms with E-state index in [0.29, 0.717) is 16.7 Å². The van der Waals surface area contributed by atoms with Crippen LogP contribution in [0.2, 0.25) is 0 Å². The van der Waals surface area contributed by atoms with Crippen molar-refractivity contribution in [2.24, 2.45) is 0 Å². The molecule has 9 heteroatoms. The summed E-state index contributed by atoms with van der Waals surface area (Å²) in [4.78, 5) is 6.77. The minimum atomic E-state index is -1.09. The van der Waals surface area contributed by atoms with Gasteiger partial charge in [-0.1, -0.05) is 36.4 Å². The molecule has 3 aromatic carbocycles. The highest BCUT2D eigenvalue weighted by molar-refractivity contribution is 5.84. The first-order chi connectivity index (χ1) is 15.9. The molecule has 1 aromatic heterocycles. The average Bonchev–Trinajstić information content (AvgIpc) is 3.37. The molecule has 0 bridgehead atoms. The van der Waals surface area contributed by atoms with E-state index in [1.807, 2.05) is 0 Å². The highest BCUT2D eigenvalue weighted by atomic mass is 19.1. The number of aliphatic hydroxyl groups excluding tert-OH is 2. The molecule has 5 rings (SSSR count). The number of fused-ring (bicyclic) bond motifs is 1. The second-order valence-electron chi connectivity index (χ2n) is 7.77. The van der Waals surface area contributed by atoms with Crippen LogP contribution in [-0.2, 0) is 4.74 Å². The number of aliphatic hydroxyl groups is 2. The lowest BCUT2D eigenvalue weighted by atomic mass is 9.99. The zero-order valence-corrected chi connectivity index (χ0v) is 17.1. The Hall–Kier alpha value is -3.40. The number of ether oxygens (including phenoxy) is 2. The molecule has 33 heavy (non-hydrogen) atoms. The second kappa shape index (κ2) is 8.51. The van der Waals surface area contributed by atoms with Crippen LogP contribution in [0.15, 0.2) is 54.6 Å². The summed E-state index contributed by atoms with van der Waals surface area (Å²) in [6.07, 6.45) is -2.68. The lowest BCUT2D eigenvalue weighted by molar-refractivity contribution is -0.00390. The summed E-state index contributed by atoms with van der Waals surface area (Å²) in [5.74, 6) is -2.04. The van der Waals surface area contributed by atoms with Crippen LogP contribution in [0.3, 0.4) is 0 Å². The molecule has 0 spiro atoms. The summed E-state index contributed by atoms with van der Waals surface area (Å²) in [7, 11) is 0. The third-order valence-electron chi connectivity index (χ3n) is 5.66. The van der Waals surface area contributed by atoms with Gasteiger partial charge < -0.3 is 24.7 Å². The molecule has 2 heterocycles. The molecule has 1 aliphatic rings. The molecule has 6 nitrogen and oxygen atoms in total. The minimum absolute atomic E-state index is 0.0171. The first kappa shape index (κ1) is 21.4. The van der Waals surface area contributed by atoms with Gasteiger partial charge in [0.1, 0.15) is 29.4 Å². The Bertz CT molecular complexity index is 1310. The van der Waals surface area contributed by atoms with E-state index in [1.165, 1.54) is 12.1 Å². The van der Waals surface area contributed by atoms with Gasteiger partial charge in [0.2, 0.25) is 0 Å². The summed E-state index contributed by atoms with van der Waals surface area (Å²) >= 11 is 0. The van der Waals surface area contributed by atoms with Gasteiger partial charge >= 0.3 is 0 Å². The normalized spacial score (nSPS) is 20.5. The van der Waals surface area contributed by atoms with Crippen LogP contribution >= 0.6 is 0 Å². The van der Waals surface area contributed by atoms with Crippen molar-refractivity contribution in [2.75, 3.05) is 13.2 Å². The van der Waals surface area contributed by atoms with Gasteiger partial charge in [0.25, 0.3) is 6.01 Å². The Morgan fingerprint density at radius 1 is 1.03 bits per heavy atom. The number of rotatable bonds is 5. The Morgan fingerprint density at radius 2 is 1.79 bits per heavy atom. The fraction of sp³-hybridized carbons (Fsp3) is 0.208. The standard InChI is InChI=1S/C24H19F3N2O4/c25-15-3-1-2-14(8-15)12-4-6-13(7-5-12)20-16(26)9-17-22(21(20)27)29-24(28-17)33-19-11-32-18(10-30)23(19)31/h1-9,18-19,23,30-31H,10-11H2,(H,28,29). The van der Waals surface area contributed by atoms with Crippen molar-refractivity contribution in [3.63, 3.8) is 0 Å². The zero-order valence-electron chi connectivity index (χ0n) is 17.1. The van der Waals surface area contributed by atoms with Crippen molar-refractivity contribution in [1.29, 1.82) is 0 Å². The van der Waals surface area contributed by atoms with Crippen LogP contribution in [0.5, 0.6) is 6.01 Å². The summed E-state index contributed by atoms with van der Waals surface area (Å²) in [6, 6.07) is 13.5. The fourth-order valence-corrected chi connectivity index (χ4v) is 3.94. The molecule has 3 atom stereocenters. The predicted molar refractivity (Wildman–Crippen MR) is 114 cm³/mol. The van der Waals surface area contributed by atoms with Crippen molar-refractivity contribution >= 4 is 11.0 Å². The summed E-state index contributed by atoms with van der Waals surface area (Å²) < 4.78 is 54.4. The van der Waals surface area contributed by atoms with Crippen molar-refractivity contribution in [3.8, 4) is 28.3 Å². The smallest absolute Gasteiger partial charge is 0.295 e. The largest absolute Gasteiger partial charge is 0.456 e. The quantitative estimate of drug-likeness (QED) is 0.425. The number of halogens is 3. The number of aromatic nitrogens is 2. The Labute approximate surface area is 186 Å². The van der Waals surface area contributed by atoms with Gasteiger partial charge in [-0.15, -0.1) is 0 Å². The number of imidazole rings is 1. The van der Waals surface area contributed by atoms with E-state index >= 15 is 4.39 Å². The number of hydrogen-bond donors (Lipinski definition) is 3. The number of benzene rings is 3. The van der Waals surface area contributed by atoms with Crippen LogP contribution in [0.1, 0.15) is 0 Å². The summed E-state index contributed by atoms with van der Waals surface area (Å²) in [6.45, 7) is -0.356. The first-order valence-electron chi connectivity index (χ1n) is 10.3. The predicted octanol–water partition coefficient (Wildman–Crippen LogP) is 3.81. The van der Waals surface area contributed by atoms with Gasteiger partial charge in [-0.05, 0) is 28.8 Å². The van der Waals surface area contributed by atoms with Gasteiger partial charge in [-0.3, -0.25) is 0 Å². The number of H-pyrrole nitrogens is 1. The molecule has 1 saturated heterocycles. The van der Waals surface area contributed by atoms with E-state index in [2.05, 4.69) is 9.97 Å². The maximum absolute atomic E-state index is 15.3. The van der Waals surface area contributed by atoms with Crippen molar-refractivity contribution in [3.05, 3.63) is 72.0 Å². The van der Waals surface area contributed by atoms with E-state index < -0.39 is 29.9 Å². The minimum Gasteiger partial charge on any atom is -0.456 e. The van der Waals surface area contributed by atoms with E-state index in [9.17, 15) is 13.9 Å². The molecular weight excluding hydrogens is 437 g/mol. The number of hydrogen-bond acceptors (Lipinski definition) is 5. The first-order valence-corrected chi connectivity index (χ1v) is 10.3. The van der Waals surface area contributed by atoms with E-state index in [0.717, 1.165) is 6.07 Å². The molecule has 0 radical (unpaired) electrons. The average molecular weight is 456 g/mol. The third kappa shape index (κ3) is 3.95.